The van der Waals surface area contributed by atoms with E-state index in [1.54, 1.807) is 19.1 Å². The molecule has 0 bridgehead atoms. The number of nitrogens with zero attached hydrogens (tertiary/aromatic N) is 1. The number of nitrogens with one attached hydrogen (secondary N) is 1. The van der Waals surface area contributed by atoms with Crippen molar-refractivity contribution in [2.45, 2.75) is 33.2 Å². The molecule has 0 saturated carbocycles. The smallest absolute Gasteiger partial charge is 0.335 e. The highest BCUT2D eigenvalue weighted by molar-refractivity contribution is 7.92. The summed E-state index contributed by atoms with van der Waals surface area (Å²) in [6.07, 6.45) is 1.33. The van der Waals surface area contributed by atoms with Crippen molar-refractivity contribution in [2.75, 3.05) is 15.9 Å². The van der Waals surface area contributed by atoms with Crippen LogP contribution in [0.2, 0.25) is 0 Å². The lowest BCUT2D eigenvalue weighted by Crippen LogP contribution is -2.47. The number of hydrogen-bond acceptors (Lipinski definition) is 4. The second kappa shape index (κ2) is 8.43. The molecule has 2 N–H and O–H groups in total. The summed E-state index contributed by atoms with van der Waals surface area (Å²) in [5.41, 5.74) is 2.85. The summed E-state index contributed by atoms with van der Waals surface area (Å²) in [7, 11) is -3.72. The van der Waals surface area contributed by atoms with E-state index in [2.05, 4.69) is 5.32 Å². The van der Waals surface area contributed by atoms with Crippen LogP contribution in [0, 0.1) is 13.8 Å². The van der Waals surface area contributed by atoms with Gasteiger partial charge in [0.1, 0.15) is 6.04 Å². The van der Waals surface area contributed by atoms with E-state index < -0.39 is 27.9 Å². The quantitative estimate of drug-likeness (QED) is 0.738. The van der Waals surface area contributed by atoms with Crippen molar-refractivity contribution in [3.8, 4) is 0 Å². The molecule has 28 heavy (non-hydrogen) atoms. The Morgan fingerprint density at radius 3 is 2.14 bits per heavy atom. The number of carboxylic acids is 1. The number of carboxylic acid groups (broad SMARTS) is 1. The third kappa shape index (κ3) is 4.89. The number of carbonyl (C=O) groups excluding carboxylic acids is 1. The fourth-order valence-electron chi connectivity index (χ4n) is 2.84. The highest BCUT2D eigenvalue weighted by Crippen LogP contribution is 2.25. The average molecular weight is 404 g/mol. The molecule has 1 amide bonds. The molecule has 0 spiro atoms. The van der Waals surface area contributed by atoms with Gasteiger partial charge in [0.05, 0.1) is 17.5 Å². The van der Waals surface area contributed by atoms with Crippen LogP contribution in [0.25, 0.3) is 0 Å². The topological polar surface area (TPSA) is 104 Å². The van der Waals surface area contributed by atoms with Crippen molar-refractivity contribution in [1.29, 1.82) is 0 Å². The number of carbonyl (C=O) groups is 2. The number of hydrogen-bond donors (Lipinski definition) is 2. The highest BCUT2D eigenvalue weighted by Gasteiger charge is 2.31. The van der Waals surface area contributed by atoms with Crippen molar-refractivity contribution in [2.24, 2.45) is 0 Å². The minimum Gasteiger partial charge on any atom is -0.478 e. The third-order valence-electron chi connectivity index (χ3n) is 4.47. The number of anilines is 2. The van der Waals surface area contributed by atoms with Gasteiger partial charge in [0.25, 0.3) is 0 Å². The number of benzene rings is 2. The zero-order valence-corrected chi connectivity index (χ0v) is 17.1. The Labute approximate surface area is 165 Å². The van der Waals surface area contributed by atoms with Gasteiger partial charge in [0, 0.05) is 5.69 Å². The lowest BCUT2D eigenvalue weighted by Gasteiger charge is -2.30. The molecule has 0 saturated heterocycles. The van der Waals surface area contributed by atoms with Gasteiger partial charge in [0.2, 0.25) is 15.9 Å². The molecule has 2 rings (SSSR count). The zero-order chi connectivity index (χ0) is 21.1. The maximum atomic E-state index is 12.8. The molecule has 0 aliphatic rings. The summed E-state index contributed by atoms with van der Waals surface area (Å²) in [4.78, 5) is 23.8. The van der Waals surface area contributed by atoms with E-state index in [1.165, 1.54) is 24.3 Å². The molecule has 1 atom stereocenters. The molecule has 7 nitrogen and oxygen atoms in total. The Morgan fingerprint density at radius 2 is 1.68 bits per heavy atom. The first-order valence-corrected chi connectivity index (χ1v) is 10.6. The molecule has 0 heterocycles. The lowest BCUT2D eigenvalue weighted by atomic mass is 10.1. The van der Waals surface area contributed by atoms with Crippen molar-refractivity contribution in [3.05, 3.63) is 59.2 Å². The van der Waals surface area contributed by atoms with Gasteiger partial charge in [-0.05, 0) is 67.8 Å². The van der Waals surface area contributed by atoms with Crippen LogP contribution in [0.3, 0.4) is 0 Å². The summed E-state index contributed by atoms with van der Waals surface area (Å²) < 4.78 is 26.1. The Bertz CT molecular complexity index is 984. The van der Waals surface area contributed by atoms with Crippen LogP contribution >= 0.6 is 0 Å². The van der Waals surface area contributed by atoms with Gasteiger partial charge in [-0.15, -0.1) is 0 Å². The van der Waals surface area contributed by atoms with Gasteiger partial charge < -0.3 is 10.4 Å². The van der Waals surface area contributed by atoms with Crippen LogP contribution in [-0.2, 0) is 14.8 Å². The second-order valence-electron chi connectivity index (χ2n) is 6.62. The first kappa shape index (κ1) is 21.4. The molecule has 2 aromatic carbocycles. The molecule has 0 fully saturated rings. The Kier molecular flexibility index (Phi) is 6.45. The SMILES string of the molecule is CC[C@H](C(=O)Nc1ccc(C(=O)O)cc1)N(c1ccc(C)c(C)c1)S(C)(=O)=O. The molecule has 2 aromatic rings. The minimum atomic E-state index is -3.72. The number of aromatic carboxylic acids is 1. The van der Waals surface area contributed by atoms with E-state index in [9.17, 15) is 18.0 Å². The summed E-state index contributed by atoms with van der Waals surface area (Å²) in [6, 6.07) is 9.97. The largest absolute Gasteiger partial charge is 0.478 e. The molecule has 0 aromatic heterocycles. The molecule has 0 radical (unpaired) electrons. The molecule has 0 aliphatic carbocycles. The molecule has 8 heteroatoms. The summed E-state index contributed by atoms with van der Waals surface area (Å²) in [6.45, 7) is 5.54. The van der Waals surface area contributed by atoms with Gasteiger partial charge in [-0.25, -0.2) is 13.2 Å². The van der Waals surface area contributed by atoms with Gasteiger partial charge in [0.15, 0.2) is 0 Å². The first-order chi connectivity index (χ1) is 13.0. The van der Waals surface area contributed by atoms with Gasteiger partial charge >= 0.3 is 5.97 Å². The van der Waals surface area contributed by atoms with E-state index >= 15 is 0 Å². The number of amides is 1. The number of rotatable bonds is 7. The van der Waals surface area contributed by atoms with E-state index in [0.29, 0.717) is 11.4 Å². The van der Waals surface area contributed by atoms with E-state index in [1.807, 2.05) is 19.9 Å². The van der Waals surface area contributed by atoms with Crippen molar-refractivity contribution < 1.29 is 23.1 Å². The Morgan fingerprint density at radius 1 is 1.07 bits per heavy atom. The van der Waals surface area contributed by atoms with Crippen LogP contribution in [-0.4, -0.2) is 37.7 Å². The van der Waals surface area contributed by atoms with Crippen molar-refractivity contribution in [1.82, 2.24) is 0 Å². The van der Waals surface area contributed by atoms with Crippen LogP contribution < -0.4 is 9.62 Å². The standard InChI is InChI=1S/C20H24N2O5S/c1-5-18(19(23)21-16-9-7-15(8-10-16)20(24)25)22(28(4,26)27)17-11-6-13(2)14(3)12-17/h6-12,18H,5H2,1-4H3,(H,21,23)(H,24,25)/t18-/m1/s1. The predicted molar refractivity (Wildman–Crippen MR) is 109 cm³/mol. The van der Waals surface area contributed by atoms with E-state index in [4.69, 9.17) is 5.11 Å². The molecular weight excluding hydrogens is 380 g/mol. The molecular formula is C20H24N2O5S. The van der Waals surface area contributed by atoms with Gasteiger partial charge in [-0.1, -0.05) is 13.0 Å². The fraction of sp³-hybridized carbons (Fsp3) is 0.300. The van der Waals surface area contributed by atoms with Crippen LogP contribution in [0.5, 0.6) is 0 Å². The van der Waals surface area contributed by atoms with Crippen LogP contribution in [0.4, 0.5) is 11.4 Å². The van der Waals surface area contributed by atoms with Crippen molar-refractivity contribution >= 4 is 33.3 Å². The number of sulfonamides is 1. The third-order valence-corrected chi connectivity index (χ3v) is 5.65. The maximum absolute atomic E-state index is 12.8. The first-order valence-electron chi connectivity index (χ1n) is 8.75. The molecule has 0 aliphatic heterocycles. The summed E-state index contributed by atoms with van der Waals surface area (Å²) in [5, 5.41) is 11.6. The molecule has 0 unspecified atom stereocenters. The summed E-state index contributed by atoms with van der Waals surface area (Å²) >= 11 is 0. The predicted octanol–water partition coefficient (Wildman–Crippen LogP) is 3.18. The Balaban J connectivity index is 2.35. The minimum absolute atomic E-state index is 0.0953. The Hall–Kier alpha value is -2.87. The summed E-state index contributed by atoms with van der Waals surface area (Å²) in [5.74, 6) is -1.56. The monoisotopic (exact) mass is 404 g/mol. The van der Waals surface area contributed by atoms with E-state index in [0.717, 1.165) is 21.7 Å². The van der Waals surface area contributed by atoms with Gasteiger partial charge in [-0.3, -0.25) is 9.10 Å². The zero-order valence-electron chi connectivity index (χ0n) is 16.3. The normalized spacial score (nSPS) is 12.3. The van der Waals surface area contributed by atoms with Crippen molar-refractivity contribution in [3.63, 3.8) is 0 Å². The maximum Gasteiger partial charge on any atom is 0.335 e. The lowest BCUT2D eigenvalue weighted by molar-refractivity contribution is -0.117. The van der Waals surface area contributed by atoms with Crippen LogP contribution in [0.1, 0.15) is 34.8 Å². The highest BCUT2D eigenvalue weighted by atomic mass is 32.2. The average Bonchev–Trinajstić information content (AvgIpc) is 2.61. The van der Waals surface area contributed by atoms with E-state index in [-0.39, 0.29) is 12.0 Å². The van der Waals surface area contributed by atoms with Crippen LogP contribution in [0.15, 0.2) is 42.5 Å². The van der Waals surface area contributed by atoms with Gasteiger partial charge in [-0.2, -0.15) is 0 Å². The second-order valence-corrected chi connectivity index (χ2v) is 8.48. The number of aryl methyl sites for hydroxylation is 2. The fourth-order valence-corrected chi connectivity index (χ4v) is 4.05. The molecule has 150 valence electrons.